The predicted molar refractivity (Wildman–Crippen MR) is 100 cm³/mol. The van der Waals surface area contributed by atoms with E-state index in [4.69, 9.17) is 4.98 Å². The smallest absolute Gasteiger partial charge is 0.133 e. The van der Waals surface area contributed by atoms with Crippen LogP contribution in [-0.4, -0.2) is 47.8 Å². The molecule has 0 radical (unpaired) electrons. The molecule has 1 aromatic carbocycles. The van der Waals surface area contributed by atoms with Crippen LogP contribution in [0.3, 0.4) is 0 Å². The third-order valence-corrected chi connectivity index (χ3v) is 4.80. The van der Waals surface area contributed by atoms with Crippen LogP contribution in [0.1, 0.15) is 38.2 Å². The third kappa shape index (κ3) is 4.25. The molecule has 3 rings (SSSR count). The second kappa shape index (κ2) is 7.95. The SMILES string of the molecule is CC(O)CCN(C)Cc1cc2ccccc2nc1N1CCCCC1. The van der Waals surface area contributed by atoms with E-state index in [0.29, 0.717) is 0 Å². The number of anilines is 1. The molecule has 1 N–H and O–H groups in total. The van der Waals surface area contributed by atoms with E-state index in [0.717, 1.165) is 43.9 Å². The number of aromatic nitrogens is 1. The molecule has 1 saturated heterocycles. The number of para-hydroxylation sites is 1. The van der Waals surface area contributed by atoms with Gasteiger partial charge in [-0.1, -0.05) is 18.2 Å². The van der Waals surface area contributed by atoms with Crippen LogP contribution in [-0.2, 0) is 6.54 Å². The van der Waals surface area contributed by atoms with Crippen LogP contribution in [0.25, 0.3) is 10.9 Å². The summed E-state index contributed by atoms with van der Waals surface area (Å²) in [6, 6.07) is 10.7. The highest BCUT2D eigenvalue weighted by Crippen LogP contribution is 2.27. The average molecular weight is 327 g/mol. The summed E-state index contributed by atoms with van der Waals surface area (Å²) in [5.41, 5.74) is 2.37. The summed E-state index contributed by atoms with van der Waals surface area (Å²) in [6.45, 7) is 5.83. The summed E-state index contributed by atoms with van der Waals surface area (Å²) in [6.07, 6.45) is 4.39. The van der Waals surface area contributed by atoms with Crippen molar-refractivity contribution >= 4 is 16.7 Å². The molecule has 24 heavy (non-hydrogen) atoms. The number of hydrogen-bond acceptors (Lipinski definition) is 4. The molecule has 130 valence electrons. The molecule has 0 aliphatic carbocycles. The van der Waals surface area contributed by atoms with Gasteiger partial charge in [0.2, 0.25) is 0 Å². The van der Waals surface area contributed by atoms with Crippen molar-refractivity contribution in [3.05, 3.63) is 35.9 Å². The van der Waals surface area contributed by atoms with Crippen molar-refractivity contribution in [2.24, 2.45) is 0 Å². The van der Waals surface area contributed by atoms with Gasteiger partial charge in [-0.05, 0) is 51.8 Å². The minimum atomic E-state index is -0.247. The fraction of sp³-hybridized carbons (Fsp3) is 0.550. The Hall–Kier alpha value is -1.65. The van der Waals surface area contributed by atoms with E-state index in [9.17, 15) is 5.11 Å². The summed E-state index contributed by atoms with van der Waals surface area (Å²) in [5.74, 6) is 1.15. The van der Waals surface area contributed by atoms with Crippen LogP contribution in [0.4, 0.5) is 5.82 Å². The van der Waals surface area contributed by atoms with Gasteiger partial charge in [0.25, 0.3) is 0 Å². The first-order valence-corrected chi connectivity index (χ1v) is 9.13. The van der Waals surface area contributed by atoms with E-state index in [1.807, 2.05) is 6.92 Å². The summed E-state index contributed by atoms with van der Waals surface area (Å²) in [5, 5.41) is 10.7. The van der Waals surface area contributed by atoms with Gasteiger partial charge in [0.1, 0.15) is 5.82 Å². The number of hydrogen-bond donors (Lipinski definition) is 1. The van der Waals surface area contributed by atoms with Crippen LogP contribution < -0.4 is 4.90 Å². The monoisotopic (exact) mass is 327 g/mol. The fourth-order valence-corrected chi connectivity index (χ4v) is 3.42. The molecule has 1 atom stereocenters. The minimum absolute atomic E-state index is 0.247. The zero-order valence-corrected chi connectivity index (χ0v) is 14.9. The molecule has 2 heterocycles. The van der Waals surface area contributed by atoms with E-state index < -0.39 is 0 Å². The molecule has 1 fully saturated rings. The van der Waals surface area contributed by atoms with Gasteiger partial charge < -0.3 is 14.9 Å². The molecule has 1 unspecified atom stereocenters. The van der Waals surface area contributed by atoms with E-state index in [1.54, 1.807) is 0 Å². The van der Waals surface area contributed by atoms with Gasteiger partial charge in [0.05, 0.1) is 11.6 Å². The number of rotatable bonds is 6. The van der Waals surface area contributed by atoms with Crippen molar-refractivity contribution in [3.8, 4) is 0 Å². The molecule has 1 aliphatic heterocycles. The van der Waals surface area contributed by atoms with Gasteiger partial charge in [-0.3, -0.25) is 0 Å². The standard InChI is InChI=1S/C20H29N3O/c1-16(24)10-13-22(2)15-18-14-17-8-4-5-9-19(17)21-20(18)23-11-6-3-7-12-23/h4-5,8-9,14,16,24H,3,6-7,10-13,15H2,1-2H3. The van der Waals surface area contributed by atoms with Crippen LogP contribution in [0.2, 0.25) is 0 Å². The minimum Gasteiger partial charge on any atom is -0.393 e. The Bertz CT molecular complexity index is 665. The Morgan fingerprint density at radius 3 is 2.71 bits per heavy atom. The number of fused-ring (bicyclic) bond motifs is 1. The van der Waals surface area contributed by atoms with Gasteiger partial charge in [-0.25, -0.2) is 4.98 Å². The average Bonchev–Trinajstić information content (AvgIpc) is 2.60. The predicted octanol–water partition coefficient (Wildman–Crippen LogP) is 3.43. The summed E-state index contributed by atoms with van der Waals surface area (Å²) in [4.78, 5) is 9.73. The first-order chi connectivity index (χ1) is 11.6. The van der Waals surface area contributed by atoms with Crippen molar-refractivity contribution in [1.29, 1.82) is 0 Å². The summed E-state index contributed by atoms with van der Waals surface area (Å²) in [7, 11) is 2.12. The molecule has 0 saturated carbocycles. The van der Waals surface area contributed by atoms with Gasteiger partial charge in [0.15, 0.2) is 0 Å². The van der Waals surface area contributed by atoms with Crippen LogP contribution in [0, 0.1) is 0 Å². The van der Waals surface area contributed by atoms with E-state index in [-0.39, 0.29) is 6.10 Å². The van der Waals surface area contributed by atoms with Crippen molar-refractivity contribution in [1.82, 2.24) is 9.88 Å². The first kappa shape index (κ1) is 17.2. The number of benzene rings is 1. The van der Waals surface area contributed by atoms with Crippen LogP contribution in [0.5, 0.6) is 0 Å². The maximum absolute atomic E-state index is 9.52. The number of aliphatic hydroxyl groups is 1. The Labute approximate surface area is 145 Å². The lowest BCUT2D eigenvalue weighted by molar-refractivity contribution is 0.163. The Kier molecular flexibility index (Phi) is 5.69. The molecule has 0 spiro atoms. The highest BCUT2D eigenvalue weighted by Gasteiger charge is 2.18. The molecule has 1 aromatic heterocycles. The third-order valence-electron chi connectivity index (χ3n) is 4.80. The topological polar surface area (TPSA) is 39.6 Å². The molecular weight excluding hydrogens is 298 g/mol. The van der Waals surface area contributed by atoms with E-state index in [2.05, 4.69) is 47.2 Å². The molecule has 0 bridgehead atoms. The van der Waals surface area contributed by atoms with Gasteiger partial charge in [-0.2, -0.15) is 0 Å². The number of aliphatic hydroxyl groups excluding tert-OH is 1. The summed E-state index contributed by atoms with van der Waals surface area (Å²) >= 11 is 0. The molecule has 2 aromatic rings. The van der Waals surface area contributed by atoms with Gasteiger partial charge >= 0.3 is 0 Å². The molecule has 4 heteroatoms. The zero-order valence-electron chi connectivity index (χ0n) is 14.9. The zero-order chi connectivity index (χ0) is 16.9. The molecule has 0 amide bonds. The molecule has 1 aliphatic rings. The van der Waals surface area contributed by atoms with E-state index in [1.165, 1.54) is 30.2 Å². The lowest BCUT2D eigenvalue weighted by Crippen LogP contribution is -2.32. The quantitative estimate of drug-likeness (QED) is 0.882. The Balaban J connectivity index is 1.87. The van der Waals surface area contributed by atoms with Crippen molar-refractivity contribution in [2.75, 3.05) is 31.6 Å². The van der Waals surface area contributed by atoms with Gasteiger partial charge in [-0.15, -0.1) is 0 Å². The number of piperidine rings is 1. The lowest BCUT2D eigenvalue weighted by atomic mass is 10.1. The van der Waals surface area contributed by atoms with Crippen molar-refractivity contribution < 1.29 is 5.11 Å². The van der Waals surface area contributed by atoms with Gasteiger partial charge in [0, 0.05) is 37.1 Å². The molecule has 4 nitrogen and oxygen atoms in total. The van der Waals surface area contributed by atoms with Crippen molar-refractivity contribution in [3.63, 3.8) is 0 Å². The number of nitrogens with zero attached hydrogens (tertiary/aromatic N) is 3. The van der Waals surface area contributed by atoms with Crippen LogP contribution >= 0.6 is 0 Å². The maximum atomic E-state index is 9.52. The maximum Gasteiger partial charge on any atom is 0.133 e. The summed E-state index contributed by atoms with van der Waals surface area (Å²) < 4.78 is 0. The fourth-order valence-electron chi connectivity index (χ4n) is 3.42. The van der Waals surface area contributed by atoms with Crippen LogP contribution in [0.15, 0.2) is 30.3 Å². The highest BCUT2D eigenvalue weighted by atomic mass is 16.3. The number of pyridine rings is 1. The van der Waals surface area contributed by atoms with E-state index >= 15 is 0 Å². The lowest BCUT2D eigenvalue weighted by Gasteiger charge is -2.31. The Morgan fingerprint density at radius 1 is 1.21 bits per heavy atom. The second-order valence-corrected chi connectivity index (χ2v) is 7.09. The largest absolute Gasteiger partial charge is 0.393 e. The normalized spacial score (nSPS) is 16.8. The second-order valence-electron chi connectivity index (χ2n) is 7.09. The van der Waals surface area contributed by atoms with Crippen molar-refractivity contribution in [2.45, 2.75) is 45.3 Å². The molecular formula is C20H29N3O. The Morgan fingerprint density at radius 2 is 1.96 bits per heavy atom. The first-order valence-electron chi connectivity index (χ1n) is 9.13. The highest BCUT2D eigenvalue weighted by molar-refractivity contribution is 5.81.